The van der Waals surface area contributed by atoms with Gasteiger partial charge in [0, 0.05) is 0 Å². The first-order chi connectivity index (χ1) is 16.0. The minimum absolute atomic E-state index is 0.309. The molecule has 0 saturated heterocycles. The van der Waals surface area contributed by atoms with Crippen molar-refractivity contribution >= 4 is 40.7 Å². The summed E-state index contributed by atoms with van der Waals surface area (Å²) in [5.41, 5.74) is 6.25. The summed E-state index contributed by atoms with van der Waals surface area (Å²) in [6, 6.07) is 15.8. The summed E-state index contributed by atoms with van der Waals surface area (Å²) in [6.45, 7) is 11.2. The van der Waals surface area contributed by atoms with Gasteiger partial charge in [0.15, 0.2) is 0 Å². The molecule has 0 saturated carbocycles. The second-order valence-electron chi connectivity index (χ2n) is 8.63. The first kappa shape index (κ1) is 25.6. The van der Waals surface area contributed by atoms with Crippen molar-refractivity contribution in [3.05, 3.63) is 105 Å². The van der Waals surface area contributed by atoms with Crippen LogP contribution in [0.4, 0.5) is 0 Å². The van der Waals surface area contributed by atoms with Gasteiger partial charge in [-0.2, -0.15) is 0 Å². The summed E-state index contributed by atoms with van der Waals surface area (Å²) < 4.78 is 16.6. The number of carbonyl (C=O) groups excluding carboxylic acids is 3. The molecule has 0 amide bonds. The Morgan fingerprint density at radius 1 is 0.441 bits per heavy atom. The summed E-state index contributed by atoms with van der Waals surface area (Å²) in [7, 11) is 0. The Morgan fingerprint density at radius 3 is 0.853 bits per heavy atom. The third kappa shape index (κ3) is 6.97. The Labute approximate surface area is 209 Å². The molecule has 0 fully saturated rings. The number of rotatable bonds is 6. The Morgan fingerprint density at radius 2 is 0.647 bits per heavy atom. The molecule has 0 aliphatic rings. The first-order valence-corrected chi connectivity index (χ1v) is 14.9. The second kappa shape index (κ2) is 10.9. The zero-order chi connectivity index (χ0) is 25.0. The monoisotopic (exact) mass is 562 g/mol. The van der Waals surface area contributed by atoms with Crippen LogP contribution in [0.5, 0.6) is 0 Å². The zero-order valence-corrected chi connectivity index (χ0v) is 23.5. The van der Waals surface area contributed by atoms with Crippen LogP contribution in [0.3, 0.4) is 0 Å². The molecular weight excluding hydrogens is 535 g/mol. The van der Waals surface area contributed by atoms with E-state index in [1.54, 1.807) is 36.4 Å². The van der Waals surface area contributed by atoms with Crippen LogP contribution in [0.2, 0.25) is 0 Å². The molecule has 0 radical (unpaired) electrons. The molecule has 3 aromatic carbocycles. The van der Waals surface area contributed by atoms with Crippen molar-refractivity contribution in [1.29, 1.82) is 0 Å². The molecule has 0 heterocycles. The Bertz CT molecular complexity index is 1050. The molecule has 3 rings (SSSR count). The summed E-state index contributed by atoms with van der Waals surface area (Å²) in [5, 5.41) is 0. The number of benzene rings is 3. The van der Waals surface area contributed by atoms with Crippen LogP contribution in [-0.4, -0.2) is 40.7 Å². The molecule has 0 atom stereocenters. The van der Waals surface area contributed by atoms with Crippen molar-refractivity contribution in [2.24, 2.45) is 0 Å². The topological polar surface area (TPSA) is 78.9 Å². The number of carbonyl (C=O) groups is 3. The third-order valence-electron chi connectivity index (χ3n) is 4.98. The van der Waals surface area contributed by atoms with Crippen molar-refractivity contribution in [1.82, 2.24) is 0 Å². The van der Waals surface area contributed by atoms with Crippen molar-refractivity contribution in [3.63, 3.8) is 0 Å². The molecule has 0 spiro atoms. The van der Waals surface area contributed by atoms with Crippen LogP contribution in [-0.2, 0) is 8.56 Å². The van der Waals surface area contributed by atoms with Gasteiger partial charge in [-0.3, -0.25) is 0 Å². The van der Waals surface area contributed by atoms with Crippen LogP contribution in [0.15, 0.2) is 54.6 Å². The van der Waals surface area contributed by atoms with E-state index in [-0.39, 0.29) is 0 Å². The standard InChI is InChI=1S/3C9H10O2.In/c3*1-6-3-7(2)5-8(4-6)9(10)11;/h3*3-5H,1-2H3,(H,10,11);/q;;;+3/p-3. The molecule has 0 aliphatic heterocycles. The fourth-order valence-corrected chi connectivity index (χ4v) is 6.89. The van der Waals surface area contributed by atoms with Gasteiger partial charge in [0.25, 0.3) is 0 Å². The van der Waals surface area contributed by atoms with E-state index in [0.29, 0.717) is 16.7 Å². The van der Waals surface area contributed by atoms with Crippen LogP contribution in [0, 0.1) is 41.5 Å². The SMILES string of the molecule is Cc1cc(C)cc(C(=O)[O][In]([O]C(=O)c2cc(C)cc(C)c2)[O]C(=O)c2cc(C)cc(C)c2)c1. The van der Waals surface area contributed by atoms with Crippen molar-refractivity contribution < 1.29 is 22.9 Å². The van der Waals surface area contributed by atoms with E-state index >= 15 is 0 Å². The van der Waals surface area contributed by atoms with E-state index < -0.39 is 40.7 Å². The van der Waals surface area contributed by atoms with E-state index in [1.165, 1.54) is 0 Å². The quantitative estimate of drug-likeness (QED) is 0.401. The molecule has 0 bridgehead atoms. The van der Waals surface area contributed by atoms with Gasteiger partial charge in [-0.05, 0) is 0 Å². The molecule has 6 nitrogen and oxygen atoms in total. The normalized spacial score (nSPS) is 10.4. The van der Waals surface area contributed by atoms with Gasteiger partial charge in [0.05, 0.1) is 0 Å². The maximum absolute atomic E-state index is 12.9. The molecule has 0 aliphatic carbocycles. The van der Waals surface area contributed by atoms with Crippen LogP contribution in [0.25, 0.3) is 0 Å². The van der Waals surface area contributed by atoms with E-state index in [0.717, 1.165) is 33.4 Å². The molecule has 0 N–H and O–H groups in total. The van der Waals surface area contributed by atoms with Gasteiger partial charge in [-0.1, -0.05) is 0 Å². The zero-order valence-electron chi connectivity index (χ0n) is 20.2. The van der Waals surface area contributed by atoms with Gasteiger partial charge < -0.3 is 0 Å². The fraction of sp³-hybridized carbons (Fsp3) is 0.222. The van der Waals surface area contributed by atoms with E-state index in [9.17, 15) is 14.4 Å². The second-order valence-corrected chi connectivity index (χ2v) is 12.3. The number of aryl methyl sites for hydroxylation is 6. The van der Waals surface area contributed by atoms with Crippen LogP contribution in [0.1, 0.15) is 64.5 Å². The summed E-state index contributed by atoms with van der Waals surface area (Å²) in [4.78, 5) is 38.6. The van der Waals surface area contributed by atoms with Crippen LogP contribution >= 0.6 is 0 Å². The predicted octanol–water partition coefficient (Wildman–Crippen LogP) is 5.39. The summed E-state index contributed by atoms with van der Waals surface area (Å²) >= 11 is -4.43. The van der Waals surface area contributed by atoms with Gasteiger partial charge >= 0.3 is 210 Å². The maximum atomic E-state index is 12.9. The van der Waals surface area contributed by atoms with Gasteiger partial charge in [-0.25, -0.2) is 0 Å². The first-order valence-electron chi connectivity index (χ1n) is 10.9. The van der Waals surface area contributed by atoms with E-state index in [1.807, 2.05) is 59.7 Å². The number of hydrogen-bond acceptors (Lipinski definition) is 6. The van der Waals surface area contributed by atoms with Crippen molar-refractivity contribution in [3.8, 4) is 0 Å². The predicted molar refractivity (Wildman–Crippen MR) is 130 cm³/mol. The molecule has 0 aromatic heterocycles. The molecule has 0 unspecified atom stereocenters. The summed E-state index contributed by atoms with van der Waals surface area (Å²) in [6.07, 6.45) is 0. The van der Waals surface area contributed by atoms with Crippen molar-refractivity contribution in [2.45, 2.75) is 41.5 Å². The number of hydrogen-bond donors (Lipinski definition) is 0. The third-order valence-corrected chi connectivity index (χ3v) is 8.46. The van der Waals surface area contributed by atoms with Gasteiger partial charge in [0.1, 0.15) is 0 Å². The molecular formula is C27H27InO6. The molecule has 7 heteroatoms. The molecule has 34 heavy (non-hydrogen) atoms. The van der Waals surface area contributed by atoms with E-state index in [2.05, 4.69) is 0 Å². The minimum atomic E-state index is -4.43. The summed E-state index contributed by atoms with van der Waals surface area (Å²) in [5.74, 6) is -2.06. The van der Waals surface area contributed by atoms with Crippen LogP contribution < -0.4 is 0 Å². The van der Waals surface area contributed by atoms with E-state index in [4.69, 9.17) is 8.56 Å². The molecule has 174 valence electrons. The van der Waals surface area contributed by atoms with Gasteiger partial charge in [-0.15, -0.1) is 0 Å². The fourth-order valence-electron chi connectivity index (χ4n) is 3.82. The van der Waals surface area contributed by atoms with Gasteiger partial charge in [0.2, 0.25) is 0 Å². The van der Waals surface area contributed by atoms with Crippen molar-refractivity contribution in [2.75, 3.05) is 0 Å². The average Bonchev–Trinajstić information content (AvgIpc) is 2.71. The molecule has 3 aromatic rings. The Balaban J connectivity index is 1.87. The average molecular weight is 562 g/mol. The Kier molecular flexibility index (Phi) is 8.20. The Hall–Kier alpha value is -3.06.